The third-order valence-electron chi connectivity index (χ3n) is 29.5. The summed E-state index contributed by atoms with van der Waals surface area (Å²) < 4.78 is 114. The van der Waals surface area contributed by atoms with Crippen molar-refractivity contribution in [3.05, 3.63) is 192 Å². The second-order valence-electron chi connectivity index (χ2n) is 42.2. The zero-order chi connectivity index (χ0) is 106. The molecule has 6 aromatic rings. The van der Waals surface area contributed by atoms with Crippen LogP contribution < -0.4 is 9.47 Å². The first-order chi connectivity index (χ1) is 69.9. The Bertz CT molecular complexity index is 4870. The lowest BCUT2D eigenvalue weighted by atomic mass is 9.90. The molecule has 12 fully saturated rings. The van der Waals surface area contributed by atoms with Gasteiger partial charge in [-0.3, -0.25) is 9.80 Å². The molecule has 46 heteroatoms. The summed E-state index contributed by atoms with van der Waals surface area (Å²) in [6.07, 6.45) is -60.0. The molecule has 46 nitrogen and oxygen atoms in total. The summed E-state index contributed by atoms with van der Waals surface area (Å²) in [7, 11) is 0. The molecule has 20 N–H and O–H groups in total. The van der Waals surface area contributed by atoms with Crippen LogP contribution in [0.15, 0.2) is 170 Å². The number of amides is 2. The monoisotopic (exact) mass is 2080 g/mol. The molecule has 12 saturated heterocycles. The summed E-state index contributed by atoms with van der Waals surface area (Å²) in [5.74, 6) is -14.8. The molecule has 0 aromatic heterocycles. The average molecular weight is 2090 g/mol. The maximum atomic E-state index is 15.7. The first-order valence-corrected chi connectivity index (χ1v) is 49.7. The molecular formula is C102H136N6O40. The molecule has 12 heterocycles. The van der Waals surface area contributed by atoms with Gasteiger partial charge in [-0.2, -0.15) is 0 Å². The van der Waals surface area contributed by atoms with Crippen molar-refractivity contribution in [3.63, 3.8) is 0 Å². The van der Waals surface area contributed by atoms with Crippen LogP contribution in [-0.4, -0.2) is 437 Å². The van der Waals surface area contributed by atoms with Gasteiger partial charge in [0, 0.05) is 52.4 Å². The molecule has 0 spiro atoms. The molecule has 814 valence electrons. The lowest BCUT2D eigenvalue weighted by Crippen LogP contribution is -2.74. The fraction of sp³-hybridized carbons (Fsp3) is 0.627. The number of hydrogen-bond acceptors (Lipinski definition) is 44. The van der Waals surface area contributed by atoms with E-state index in [2.05, 4.69) is 0 Å². The molecule has 12 aliphatic heterocycles. The van der Waals surface area contributed by atoms with Crippen molar-refractivity contribution >= 4 is 12.2 Å². The van der Waals surface area contributed by atoms with Crippen LogP contribution in [0.1, 0.15) is 105 Å². The fourth-order valence-electron chi connectivity index (χ4n) is 22.8. The highest BCUT2D eigenvalue weighted by Gasteiger charge is 2.75. The number of benzene rings is 6. The van der Waals surface area contributed by atoms with E-state index >= 15 is 9.59 Å². The zero-order valence-electron chi connectivity index (χ0n) is 83.4. The van der Waals surface area contributed by atoms with Crippen molar-refractivity contribution < 1.29 is 197 Å². The van der Waals surface area contributed by atoms with Crippen molar-refractivity contribution in [1.82, 2.24) is 29.4 Å². The highest BCUT2D eigenvalue weighted by molar-refractivity contribution is 5.74. The Morgan fingerprint density at radius 2 is 0.473 bits per heavy atom. The molecule has 0 radical (unpaired) electrons. The van der Waals surface area contributed by atoms with Gasteiger partial charge in [-0.1, -0.05) is 146 Å². The standard InChI is InChI=1S/C102H136N6O40/c1-49(109)81-77(121)85-99(137-81,145-95(5,6)141-85)103(41-53-25-17-13-18-26-53)45-61-69(113)73(117)65(89(125)133-61)107(66-74(118)70(114)62(134-90(66)126)46-104(42-54-27-19-14-20-28-54)100-86(142-96(7,8)146-100)78(122)82(138-100)50(2)110)93(129)131-59-37-33-57(34-38-59)58-35-39-60(40-36-58)132-94(130)108(67-75(119)71(115)63(135-91(67)127)47-105(43-55-29-21-15-22-30-55)101-87(143-97(9,10)147-101)79(123)83(139-101)51(3)111)68-76(120)72(116)64(136-92(68)128)48-106(44-56-31-23-16-24-32-56)102-88(144-98(11,12)148-102)80(124)84(140-102)52(4)112/h13-40,49-52,61-92,109-128H,41-48H2,1-12H3/t49-,50-,51-,52-,61-,62-,63-,64-,65+,66+,67+,68+,69-,70-,71-,72-,73-,74-,75-,76-,77+,78+,79+,80+,81-,82-,83-,84-,85-,86-,87-,88-,89+,90+,91+,92+,99-,100-,101-,102-/m1/s1. The predicted molar refractivity (Wildman–Crippen MR) is 503 cm³/mol. The minimum Gasteiger partial charge on any atom is -0.410 e. The van der Waals surface area contributed by atoms with Gasteiger partial charge in [0.15, 0.2) is 72.7 Å². The molecule has 6 aromatic carbocycles. The number of aliphatic hydroxyl groups excluding tert-OH is 20. The summed E-state index contributed by atoms with van der Waals surface area (Å²) in [6.45, 7) is 15.3. The van der Waals surface area contributed by atoms with E-state index in [-0.39, 0.29) is 37.7 Å². The number of ether oxygens (including phenoxy) is 18. The van der Waals surface area contributed by atoms with Crippen molar-refractivity contribution in [2.24, 2.45) is 0 Å². The Kier molecular flexibility index (Phi) is 31.6. The quantitative estimate of drug-likeness (QED) is 0.0223. The van der Waals surface area contributed by atoms with Gasteiger partial charge in [0.05, 0.1) is 24.4 Å². The maximum absolute atomic E-state index is 15.7. The summed E-state index contributed by atoms with van der Waals surface area (Å²) in [6, 6.07) is 36.6. The summed E-state index contributed by atoms with van der Waals surface area (Å²) in [5, 5.41) is 243. The number of nitrogens with zero attached hydrogens (tertiary/aromatic N) is 6. The van der Waals surface area contributed by atoms with Gasteiger partial charge in [0.1, 0.15) is 158 Å². The largest absolute Gasteiger partial charge is 0.416 e. The lowest BCUT2D eigenvalue weighted by molar-refractivity contribution is -0.346. The molecular weight excluding hydrogens is 1950 g/mol. The first kappa shape index (κ1) is 110. The van der Waals surface area contributed by atoms with Crippen LogP contribution in [0.3, 0.4) is 0 Å². The van der Waals surface area contributed by atoms with E-state index in [1.165, 1.54) is 95.8 Å². The number of carbonyl (C=O) groups excluding carboxylic acids is 2. The van der Waals surface area contributed by atoms with Gasteiger partial charge in [-0.25, -0.2) is 29.2 Å². The number of carbonyl (C=O) groups is 2. The van der Waals surface area contributed by atoms with Crippen LogP contribution in [0, 0.1) is 0 Å². The summed E-state index contributed by atoms with van der Waals surface area (Å²) >= 11 is 0. The second kappa shape index (κ2) is 42.5. The molecule has 2 amide bonds. The Morgan fingerprint density at radius 1 is 0.277 bits per heavy atom. The fourth-order valence-corrected chi connectivity index (χ4v) is 22.8. The topological polar surface area (TPSA) is 624 Å². The summed E-state index contributed by atoms with van der Waals surface area (Å²) in [4.78, 5) is 38.2. The van der Waals surface area contributed by atoms with E-state index in [0.717, 1.165) is 0 Å². The molecule has 12 aliphatic rings. The maximum Gasteiger partial charge on any atom is 0.416 e. The van der Waals surface area contributed by atoms with E-state index in [4.69, 9.17) is 85.3 Å². The number of rotatable bonds is 31. The Hall–Kier alpha value is -7.74. The Balaban J connectivity index is 0.636. The second-order valence-corrected chi connectivity index (χ2v) is 42.2. The van der Waals surface area contributed by atoms with Gasteiger partial charge in [-0.05, 0) is 141 Å². The molecule has 0 bridgehead atoms. The third-order valence-corrected chi connectivity index (χ3v) is 29.5. The molecule has 148 heavy (non-hydrogen) atoms. The van der Waals surface area contributed by atoms with Crippen LogP contribution in [0.5, 0.6) is 11.5 Å². The molecule has 0 aliphatic carbocycles. The Morgan fingerprint density at radius 3 is 0.662 bits per heavy atom. The Labute approximate surface area is 852 Å². The normalized spacial score (nSPS) is 40.3. The van der Waals surface area contributed by atoms with E-state index in [1.807, 2.05) is 0 Å². The van der Waals surface area contributed by atoms with Gasteiger partial charge in [0.25, 0.3) is 23.6 Å². The van der Waals surface area contributed by atoms with Gasteiger partial charge in [-0.15, -0.1) is 0 Å². The van der Waals surface area contributed by atoms with Gasteiger partial charge >= 0.3 is 12.2 Å². The smallest absolute Gasteiger partial charge is 0.410 e. The van der Waals surface area contributed by atoms with E-state index < -0.39 is 305 Å². The third kappa shape index (κ3) is 21.0. The minimum atomic E-state index is -2.44. The van der Waals surface area contributed by atoms with Crippen molar-refractivity contribution in [2.45, 2.75) is 376 Å². The molecule has 0 saturated carbocycles. The van der Waals surface area contributed by atoms with Crippen LogP contribution in [-0.2, 0) is 102 Å². The number of aliphatic hydroxyl groups is 20. The number of fused-ring (bicyclic) bond motifs is 4. The van der Waals surface area contributed by atoms with Crippen LogP contribution in [0.25, 0.3) is 11.1 Å². The van der Waals surface area contributed by atoms with Crippen molar-refractivity contribution in [1.29, 1.82) is 0 Å². The summed E-state index contributed by atoms with van der Waals surface area (Å²) in [5.41, 5.74) is 3.09. The SMILES string of the molecule is C[C@@H](O)[C@H]1O[C@@]2(N(Cc3ccccc3)C[C@H]3O[C@H](O)[C@@H](N(C(=O)Oc4ccc(-c5ccc(OC(=O)N([C@H]6[C@@H](O)[C@H](O)[C@@H](CN(Cc7ccccc7)[C@@]78O[C@H]([C@@H](C)O)[C@H](O)[C@H]7OC(C)(C)O8)O[C@@H]6O)[C@H]6[C@@H](O)[C@H](O)[C@@H](CN(Cc7ccccc7)[C@@]78O[C@H]([C@@H](C)O)[C@H](O)[C@H]7OC(C)(C)O8)O[C@@H]6O)cc5)cc4)[C@H]4[C@@H](O)[C@H](O)[C@@H](CN(Cc5ccccc5)[C@@]56O[C@H]([C@@H](C)O)[C@H](O)[C@H]5OC(C)(C)O6)O[C@@H]4O)[C@@H](O)[C@@H]3O)OC(C)(C)O[C@@H]2[C@H]1O. The van der Waals surface area contributed by atoms with Crippen LogP contribution in [0.4, 0.5) is 9.59 Å². The highest BCUT2D eigenvalue weighted by atomic mass is 16.9. The first-order valence-electron chi connectivity index (χ1n) is 49.7. The average Bonchev–Trinajstić information content (AvgIpc) is 1.57. The molecule has 40 atom stereocenters. The van der Waals surface area contributed by atoms with E-state index in [0.29, 0.717) is 43.2 Å². The van der Waals surface area contributed by atoms with Crippen molar-refractivity contribution in [3.8, 4) is 22.6 Å². The van der Waals surface area contributed by atoms with Crippen LogP contribution in [0.2, 0.25) is 0 Å². The molecule has 18 rings (SSSR count). The lowest BCUT2D eigenvalue weighted by Gasteiger charge is -2.52. The minimum absolute atomic E-state index is 0.130. The van der Waals surface area contributed by atoms with E-state index in [1.54, 1.807) is 177 Å². The van der Waals surface area contributed by atoms with Crippen LogP contribution >= 0.6 is 0 Å². The van der Waals surface area contributed by atoms with Gasteiger partial charge < -0.3 is 187 Å². The highest BCUT2D eigenvalue weighted by Crippen LogP contribution is 2.56. The molecule has 0 unspecified atom stereocenters. The zero-order valence-corrected chi connectivity index (χ0v) is 83.4. The van der Waals surface area contributed by atoms with Crippen molar-refractivity contribution in [2.75, 3.05) is 26.2 Å². The van der Waals surface area contributed by atoms with Gasteiger partial charge in [0.2, 0.25) is 0 Å². The van der Waals surface area contributed by atoms with E-state index in [9.17, 15) is 102 Å². The predicted octanol–water partition coefficient (Wildman–Crippen LogP) is -2.02. The number of hydrogen-bond donors (Lipinski definition) is 20.